The maximum atomic E-state index is 13.6. The highest BCUT2D eigenvalue weighted by molar-refractivity contribution is 5.99. The fourth-order valence-corrected chi connectivity index (χ4v) is 4.64. The van der Waals surface area contributed by atoms with Gasteiger partial charge in [0, 0.05) is 36.1 Å². The SMILES string of the molecule is C=C(CC)/C(=C\c1c(CC(C)C)c(C(=O)NC2CCCCNC2=O)n(C)c1C)NC(=O)c1ccccc1. The first-order chi connectivity index (χ1) is 17.6. The van der Waals surface area contributed by atoms with Gasteiger partial charge < -0.3 is 20.5 Å². The van der Waals surface area contributed by atoms with Crippen LogP contribution in [0.2, 0.25) is 0 Å². The van der Waals surface area contributed by atoms with Gasteiger partial charge in [-0.05, 0) is 74.3 Å². The molecule has 198 valence electrons. The number of hydrogen-bond acceptors (Lipinski definition) is 3. The molecule has 2 aromatic rings. The Morgan fingerprint density at radius 3 is 2.54 bits per heavy atom. The first-order valence-corrected chi connectivity index (χ1v) is 13.2. The molecule has 0 radical (unpaired) electrons. The van der Waals surface area contributed by atoms with Gasteiger partial charge in [-0.1, -0.05) is 45.5 Å². The molecule has 3 rings (SSSR count). The summed E-state index contributed by atoms with van der Waals surface area (Å²) < 4.78 is 1.89. The highest BCUT2D eigenvalue weighted by Crippen LogP contribution is 2.29. The van der Waals surface area contributed by atoms with Crippen molar-refractivity contribution < 1.29 is 14.4 Å². The second-order valence-electron chi connectivity index (χ2n) is 10.1. The summed E-state index contributed by atoms with van der Waals surface area (Å²) in [5.41, 5.74) is 5.23. The van der Waals surface area contributed by atoms with Gasteiger partial charge in [0.05, 0.1) is 0 Å². The molecule has 1 aliphatic rings. The number of nitrogens with one attached hydrogen (secondary N) is 3. The van der Waals surface area contributed by atoms with E-state index >= 15 is 0 Å². The molecule has 37 heavy (non-hydrogen) atoms. The van der Waals surface area contributed by atoms with E-state index in [2.05, 4.69) is 36.4 Å². The van der Waals surface area contributed by atoms with Crippen molar-refractivity contribution in [2.45, 2.75) is 65.8 Å². The minimum absolute atomic E-state index is 0.132. The predicted octanol–water partition coefficient (Wildman–Crippen LogP) is 4.67. The van der Waals surface area contributed by atoms with Crippen LogP contribution in [-0.2, 0) is 18.3 Å². The highest BCUT2D eigenvalue weighted by atomic mass is 16.2. The fourth-order valence-electron chi connectivity index (χ4n) is 4.64. The fraction of sp³-hybridized carbons (Fsp3) is 0.433. The Labute approximate surface area is 220 Å². The van der Waals surface area contributed by atoms with Crippen LogP contribution in [0, 0.1) is 12.8 Å². The van der Waals surface area contributed by atoms with Crippen molar-refractivity contribution in [1.29, 1.82) is 0 Å². The summed E-state index contributed by atoms with van der Waals surface area (Å²) in [5, 5.41) is 8.90. The van der Waals surface area contributed by atoms with Gasteiger partial charge in [0.25, 0.3) is 11.8 Å². The Kier molecular flexibility index (Phi) is 9.50. The highest BCUT2D eigenvalue weighted by Gasteiger charge is 2.28. The molecule has 1 fully saturated rings. The normalized spacial score (nSPS) is 16.2. The van der Waals surface area contributed by atoms with Crippen LogP contribution in [0.4, 0.5) is 0 Å². The van der Waals surface area contributed by atoms with Gasteiger partial charge in [0.15, 0.2) is 0 Å². The number of hydrogen-bond donors (Lipinski definition) is 3. The smallest absolute Gasteiger partial charge is 0.268 e. The molecule has 7 heteroatoms. The van der Waals surface area contributed by atoms with Crippen molar-refractivity contribution in [2.75, 3.05) is 6.54 Å². The van der Waals surface area contributed by atoms with Crippen molar-refractivity contribution in [3.05, 3.63) is 76.3 Å². The largest absolute Gasteiger partial charge is 0.354 e. The lowest BCUT2D eigenvalue weighted by molar-refractivity contribution is -0.122. The number of benzene rings is 1. The van der Waals surface area contributed by atoms with E-state index in [0.29, 0.717) is 48.7 Å². The van der Waals surface area contributed by atoms with Gasteiger partial charge in [-0.3, -0.25) is 14.4 Å². The van der Waals surface area contributed by atoms with Gasteiger partial charge >= 0.3 is 0 Å². The zero-order valence-corrected chi connectivity index (χ0v) is 22.7. The van der Waals surface area contributed by atoms with E-state index < -0.39 is 6.04 Å². The van der Waals surface area contributed by atoms with Crippen molar-refractivity contribution in [3.63, 3.8) is 0 Å². The van der Waals surface area contributed by atoms with E-state index in [-0.39, 0.29) is 17.7 Å². The first-order valence-electron chi connectivity index (χ1n) is 13.2. The summed E-state index contributed by atoms with van der Waals surface area (Å²) >= 11 is 0. The summed E-state index contributed by atoms with van der Waals surface area (Å²) in [6.07, 6.45) is 5.69. The molecule has 1 aromatic heterocycles. The van der Waals surface area contributed by atoms with E-state index in [1.807, 2.05) is 49.7 Å². The molecule has 1 atom stereocenters. The zero-order chi connectivity index (χ0) is 27.1. The summed E-state index contributed by atoms with van der Waals surface area (Å²) in [6.45, 7) is 13.0. The number of rotatable bonds is 9. The van der Waals surface area contributed by atoms with E-state index in [9.17, 15) is 14.4 Å². The van der Waals surface area contributed by atoms with E-state index in [0.717, 1.165) is 35.2 Å². The van der Waals surface area contributed by atoms with Gasteiger partial charge in [0.1, 0.15) is 11.7 Å². The van der Waals surface area contributed by atoms with Crippen LogP contribution >= 0.6 is 0 Å². The Bertz CT molecular complexity index is 1190. The van der Waals surface area contributed by atoms with Crippen LogP contribution < -0.4 is 16.0 Å². The molecule has 7 nitrogen and oxygen atoms in total. The van der Waals surface area contributed by atoms with Crippen LogP contribution in [0.1, 0.15) is 84.1 Å². The van der Waals surface area contributed by atoms with Gasteiger partial charge in [-0.15, -0.1) is 0 Å². The Morgan fingerprint density at radius 1 is 1.19 bits per heavy atom. The average molecular weight is 505 g/mol. The lowest BCUT2D eigenvalue weighted by Gasteiger charge is -2.17. The van der Waals surface area contributed by atoms with Crippen LogP contribution in [0.5, 0.6) is 0 Å². The van der Waals surface area contributed by atoms with Crippen molar-refractivity contribution >= 4 is 23.8 Å². The number of carbonyl (C=O) groups is 3. The third-order valence-corrected chi connectivity index (χ3v) is 6.89. The van der Waals surface area contributed by atoms with Crippen molar-refractivity contribution in [1.82, 2.24) is 20.5 Å². The lowest BCUT2D eigenvalue weighted by atomic mass is 9.96. The minimum Gasteiger partial charge on any atom is -0.354 e. The average Bonchev–Trinajstić information content (AvgIpc) is 2.99. The van der Waals surface area contributed by atoms with Crippen LogP contribution in [0.3, 0.4) is 0 Å². The Hall–Kier alpha value is -3.61. The molecule has 0 aliphatic carbocycles. The van der Waals surface area contributed by atoms with E-state index in [1.165, 1.54) is 0 Å². The monoisotopic (exact) mass is 504 g/mol. The van der Waals surface area contributed by atoms with E-state index in [1.54, 1.807) is 12.1 Å². The third kappa shape index (κ3) is 6.79. The molecule has 1 aliphatic heterocycles. The van der Waals surface area contributed by atoms with Crippen LogP contribution in [0.15, 0.2) is 48.2 Å². The minimum atomic E-state index is -0.545. The molecular formula is C30H40N4O3. The zero-order valence-electron chi connectivity index (χ0n) is 22.7. The molecule has 0 saturated carbocycles. The second-order valence-corrected chi connectivity index (χ2v) is 10.1. The number of aromatic nitrogens is 1. The predicted molar refractivity (Wildman–Crippen MR) is 148 cm³/mol. The number of carbonyl (C=O) groups excluding carboxylic acids is 3. The van der Waals surface area contributed by atoms with Gasteiger partial charge in [0.2, 0.25) is 5.91 Å². The Morgan fingerprint density at radius 2 is 1.89 bits per heavy atom. The second kappa shape index (κ2) is 12.6. The summed E-state index contributed by atoms with van der Waals surface area (Å²) in [6, 6.07) is 8.52. The molecule has 3 N–H and O–H groups in total. The molecule has 2 heterocycles. The molecule has 3 amide bonds. The number of amides is 3. The van der Waals surface area contributed by atoms with Gasteiger partial charge in [-0.2, -0.15) is 0 Å². The van der Waals surface area contributed by atoms with Crippen molar-refractivity contribution in [2.24, 2.45) is 13.0 Å². The Balaban J connectivity index is 2.04. The molecule has 0 bridgehead atoms. The van der Waals surface area contributed by atoms with Crippen molar-refractivity contribution in [3.8, 4) is 0 Å². The van der Waals surface area contributed by atoms with Crippen LogP contribution in [-0.4, -0.2) is 34.9 Å². The molecule has 1 aromatic carbocycles. The number of allylic oxidation sites excluding steroid dienone is 1. The topological polar surface area (TPSA) is 92.2 Å². The first kappa shape index (κ1) is 28.0. The standard InChI is InChI=1S/C30H40N4O3/c1-7-20(4)26(33-28(35)22-13-9-8-10-14-22)18-23-21(5)34(6)27(24(23)17-19(2)3)30(37)32-25-15-11-12-16-31-29(25)36/h8-10,13-14,18-19,25H,4,7,11-12,15-17H2,1-3,5-6H3,(H,31,36)(H,32,37)(H,33,35)/b26-18+. The summed E-state index contributed by atoms with van der Waals surface area (Å²) in [4.78, 5) is 39.0. The van der Waals surface area contributed by atoms with E-state index in [4.69, 9.17) is 0 Å². The third-order valence-electron chi connectivity index (χ3n) is 6.89. The van der Waals surface area contributed by atoms with Crippen LogP contribution in [0.25, 0.3) is 6.08 Å². The molecular weight excluding hydrogens is 464 g/mol. The maximum Gasteiger partial charge on any atom is 0.268 e. The van der Waals surface area contributed by atoms with Gasteiger partial charge in [-0.25, -0.2) is 0 Å². The number of nitrogens with zero attached hydrogens (tertiary/aromatic N) is 1. The molecule has 1 saturated heterocycles. The maximum absolute atomic E-state index is 13.6. The molecule has 0 spiro atoms. The summed E-state index contributed by atoms with van der Waals surface area (Å²) in [5.74, 6) is -0.309. The molecule has 1 unspecified atom stereocenters. The lowest BCUT2D eigenvalue weighted by Crippen LogP contribution is -2.46. The quantitative estimate of drug-likeness (QED) is 0.434. The summed E-state index contributed by atoms with van der Waals surface area (Å²) in [7, 11) is 1.87.